The van der Waals surface area contributed by atoms with Crippen LogP contribution in [0.25, 0.3) is 5.57 Å². The highest BCUT2D eigenvalue weighted by Gasteiger charge is 2.43. The van der Waals surface area contributed by atoms with Crippen molar-refractivity contribution in [1.29, 1.82) is 0 Å². The van der Waals surface area contributed by atoms with Gasteiger partial charge in [0.25, 0.3) is 0 Å². The van der Waals surface area contributed by atoms with Crippen LogP contribution < -0.4 is 22.1 Å². The molecule has 2 aliphatic rings. The fourth-order valence-corrected chi connectivity index (χ4v) is 4.26. The van der Waals surface area contributed by atoms with Crippen molar-refractivity contribution in [3.8, 4) is 0 Å². The normalized spacial score (nSPS) is 27.6. The average molecular weight is 400 g/mol. The van der Waals surface area contributed by atoms with Gasteiger partial charge in [-0.3, -0.25) is 4.68 Å². The molecular weight excluding hydrogens is 374 g/mol. The number of benzene rings is 1. The minimum Gasteiger partial charge on any atom is -0.334 e. The van der Waals surface area contributed by atoms with E-state index in [-0.39, 0.29) is 12.0 Å². The first-order valence-electron chi connectivity index (χ1n) is 9.57. The maximum Gasteiger partial charge on any atom is 0.202 e. The summed E-state index contributed by atoms with van der Waals surface area (Å²) in [7, 11) is 1.90. The van der Waals surface area contributed by atoms with Gasteiger partial charge in [0.15, 0.2) is 0 Å². The summed E-state index contributed by atoms with van der Waals surface area (Å²) in [6.07, 6.45) is 9.51. The van der Waals surface area contributed by atoms with E-state index in [9.17, 15) is 0 Å². The molecule has 2 heterocycles. The molecule has 1 aliphatic carbocycles. The van der Waals surface area contributed by atoms with Gasteiger partial charge < -0.3 is 22.1 Å². The number of nitrogens with two attached hydrogens (primary N) is 2. The molecule has 0 amide bonds. The maximum absolute atomic E-state index is 7.03. The van der Waals surface area contributed by atoms with Crippen molar-refractivity contribution < 1.29 is 0 Å². The molecule has 1 fully saturated rings. The third kappa shape index (κ3) is 3.78. The Bertz CT molecular complexity index is 911. The molecule has 148 valence electrons. The highest BCUT2D eigenvalue weighted by molar-refractivity contribution is 6.30. The number of aryl methyl sites for hydroxylation is 1. The Hall–Kier alpha value is -2.35. The molecule has 1 atom stereocenters. The number of rotatable bonds is 3. The molecule has 0 radical (unpaired) electrons. The van der Waals surface area contributed by atoms with Crippen LogP contribution in [0.5, 0.6) is 0 Å². The zero-order chi connectivity index (χ0) is 19.7. The van der Waals surface area contributed by atoms with Crippen molar-refractivity contribution >= 4 is 28.8 Å². The van der Waals surface area contributed by atoms with Crippen molar-refractivity contribution in [2.24, 2.45) is 29.4 Å². The topological polar surface area (TPSA) is 106 Å². The first-order valence-corrected chi connectivity index (χ1v) is 9.94. The molecule has 1 aliphatic heterocycles. The molecule has 4 rings (SSSR count). The van der Waals surface area contributed by atoms with Crippen LogP contribution in [0.15, 0.2) is 47.9 Å². The summed E-state index contributed by atoms with van der Waals surface area (Å²) >= 11 is 6.10. The number of halogens is 1. The Morgan fingerprint density at radius 1 is 1.29 bits per heavy atom. The van der Waals surface area contributed by atoms with Gasteiger partial charge in [0.1, 0.15) is 5.66 Å². The van der Waals surface area contributed by atoms with Crippen molar-refractivity contribution in [2.75, 3.05) is 5.32 Å². The van der Waals surface area contributed by atoms with Crippen LogP contribution in [0.2, 0.25) is 5.02 Å². The lowest BCUT2D eigenvalue weighted by Gasteiger charge is -2.44. The van der Waals surface area contributed by atoms with Gasteiger partial charge in [-0.15, -0.1) is 0 Å². The molecule has 7 nitrogen and oxygen atoms in total. The number of hydrogen-bond acceptors (Lipinski definition) is 6. The first-order chi connectivity index (χ1) is 13.4. The molecule has 8 heteroatoms. The number of guanidine groups is 1. The number of hydrogen-bond donors (Lipinski definition) is 4. The quantitative estimate of drug-likeness (QED) is 0.634. The Morgan fingerprint density at radius 3 is 2.75 bits per heavy atom. The van der Waals surface area contributed by atoms with Gasteiger partial charge in [0, 0.05) is 47.3 Å². The molecule has 0 spiro atoms. The number of aliphatic imine (C=N–C) groups is 1. The van der Waals surface area contributed by atoms with Crippen LogP contribution in [-0.2, 0) is 7.05 Å². The third-order valence-electron chi connectivity index (χ3n) is 5.61. The summed E-state index contributed by atoms with van der Waals surface area (Å²) in [5.74, 6) is 0.845. The maximum atomic E-state index is 7.03. The molecule has 1 saturated carbocycles. The Kier molecular flexibility index (Phi) is 5.14. The SMILES string of the molecule is Cn1cc(C2=CN=C(Nc3cccc(Cl)c3)NC2(N)C2CCC(N)CC2)cn1. The summed E-state index contributed by atoms with van der Waals surface area (Å²) in [6, 6.07) is 7.77. The molecule has 1 aromatic carbocycles. The van der Waals surface area contributed by atoms with Gasteiger partial charge in [-0.05, 0) is 49.8 Å². The molecular formula is C20H26ClN7. The van der Waals surface area contributed by atoms with Gasteiger partial charge in [-0.1, -0.05) is 17.7 Å². The van der Waals surface area contributed by atoms with E-state index in [2.05, 4.69) is 20.7 Å². The lowest BCUT2D eigenvalue weighted by molar-refractivity contribution is 0.226. The second-order valence-corrected chi connectivity index (χ2v) is 8.10. The molecule has 2 aromatic rings. The van der Waals surface area contributed by atoms with Crippen LogP contribution in [0, 0.1) is 5.92 Å². The van der Waals surface area contributed by atoms with Crippen molar-refractivity contribution in [1.82, 2.24) is 15.1 Å². The van der Waals surface area contributed by atoms with E-state index >= 15 is 0 Å². The van der Waals surface area contributed by atoms with E-state index in [1.807, 2.05) is 49.9 Å². The largest absolute Gasteiger partial charge is 0.334 e. The molecule has 1 unspecified atom stereocenters. The van der Waals surface area contributed by atoms with E-state index in [0.717, 1.165) is 42.5 Å². The predicted molar refractivity (Wildman–Crippen MR) is 114 cm³/mol. The van der Waals surface area contributed by atoms with Crippen LogP contribution in [0.1, 0.15) is 31.2 Å². The average Bonchev–Trinajstić information content (AvgIpc) is 3.08. The van der Waals surface area contributed by atoms with Crippen LogP contribution in [0.4, 0.5) is 5.69 Å². The standard InChI is InChI=1S/C20H26ClN7/c1-28-12-13(10-25-28)18-11-24-19(26-17-4-2-3-15(21)9-17)27-20(18,23)14-5-7-16(22)8-6-14/h2-4,9-12,14,16H,5-8,22-23H2,1H3,(H2,24,26,27). The van der Waals surface area contributed by atoms with Crippen molar-refractivity contribution in [3.05, 3.63) is 53.4 Å². The van der Waals surface area contributed by atoms with Crippen molar-refractivity contribution in [3.63, 3.8) is 0 Å². The van der Waals surface area contributed by atoms with Gasteiger partial charge >= 0.3 is 0 Å². The summed E-state index contributed by atoms with van der Waals surface area (Å²) in [4.78, 5) is 4.57. The lowest BCUT2D eigenvalue weighted by Crippen LogP contribution is -2.64. The minimum absolute atomic E-state index is 0.241. The Balaban J connectivity index is 1.66. The van der Waals surface area contributed by atoms with Gasteiger partial charge in [0.05, 0.1) is 6.20 Å². The molecule has 6 N–H and O–H groups in total. The second-order valence-electron chi connectivity index (χ2n) is 7.66. The number of aromatic nitrogens is 2. The fourth-order valence-electron chi connectivity index (χ4n) is 4.07. The molecule has 0 saturated heterocycles. The van der Waals surface area contributed by atoms with Crippen LogP contribution in [-0.4, -0.2) is 27.4 Å². The third-order valence-corrected chi connectivity index (χ3v) is 5.85. The molecule has 28 heavy (non-hydrogen) atoms. The van der Waals surface area contributed by atoms with E-state index in [4.69, 9.17) is 23.1 Å². The summed E-state index contributed by atoms with van der Waals surface area (Å²) < 4.78 is 1.77. The number of nitrogens with zero attached hydrogens (tertiary/aromatic N) is 3. The van der Waals surface area contributed by atoms with Gasteiger partial charge in [-0.25, -0.2) is 4.99 Å². The lowest BCUT2D eigenvalue weighted by atomic mass is 9.74. The zero-order valence-corrected chi connectivity index (χ0v) is 16.7. The Morgan fingerprint density at radius 2 is 2.07 bits per heavy atom. The van der Waals surface area contributed by atoms with E-state index in [1.165, 1.54) is 0 Å². The number of nitrogens with one attached hydrogen (secondary N) is 2. The monoisotopic (exact) mass is 399 g/mol. The number of anilines is 1. The fraction of sp³-hybridized carbons (Fsp3) is 0.400. The van der Waals surface area contributed by atoms with E-state index in [0.29, 0.717) is 11.0 Å². The van der Waals surface area contributed by atoms with E-state index < -0.39 is 5.66 Å². The summed E-state index contributed by atoms with van der Waals surface area (Å²) in [5, 5.41) is 11.7. The highest BCUT2D eigenvalue weighted by Crippen LogP contribution is 2.39. The highest BCUT2D eigenvalue weighted by atomic mass is 35.5. The summed E-state index contributed by atoms with van der Waals surface area (Å²) in [6.45, 7) is 0. The molecule has 0 bridgehead atoms. The Labute approximate surface area is 169 Å². The summed E-state index contributed by atoms with van der Waals surface area (Å²) in [5.41, 5.74) is 15.2. The van der Waals surface area contributed by atoms with E-state index in [1.54, 1.807) is 4.68 Å². The predicted octanol–water partition coefficient (Wildman–Crippen LogP) is 2.66. The van der Waals surface area contributed by atoms with Gasteiger partial charge in [0.2, 0.25) is 5.96 Å². The second kappa shape index (κ2) is 7.58. The zero-order valence-electron chi connectivity index (χ0n) is 15.9. The smallest absolute Gasteiger partial charge is 0.202 e. The minimum atomic E-state index is -0.758. The van der Waals surface area contributed by atoms with Crippen LogP contribution >= 0.6 is 11.6 Å². The molecule has 1 aromatic heterocycles. The van der Waals surface area contributed by atoms with Crippen LogP contribution in [0.3, 0.4) is 0 Å². The van der Waals surface area contributed by atoms with Crippen molar-refractivity contribution in [2.45, 2.75) is 37.4 Å². The van der Waals surface area contributed by atoms with Gasteiger partial charge in [-0.2, -0.15) is 5.10 Å². The first kappa shape index (κ1) is 19.0.